The number of hydrogen-bond donors (Lipinski definition) is 2. The lowest BCUT2D eigenvalue weighted by Crippen LogP contribution is -2.30. The molecule has 0 fully saturated rings. The van der Waals surface area contributed by atoms with Crippen LogP contribution in [-0.2, 0) is 9.53 Å². The lowest BCUT2D eigenvalue weighted by Gasteiger charge is -2.16. The van der Waals surface area contributed by atoms with Crippen LogP contribution >= 0.6 is 0 Å². The van der Waals surface area contributed by atoms with Crippen molar-refractivity contribution in [3.63, 3.8) is 0 Å². The van der Waals surface area contributed by atoms with E-state index < -0.39 is 23.9 Å². The third-order valence-electron chi connectivity index (χ3n) is 4.44. The van der Waals surface area contributed by atoms with E-state index in [2.05, 4.69) is 10.6 Å². The Labute approximate surface area is 174 Å². The second-order valence-electron chi connectivity index (χ2n) is 6.83. The molecule has 0 saturated heterocycles. The molecular weight excluding hydrogens is 384 g/mol. The Kier molecular flexibility index (Phi) is 6.32. The highest BCUT2D eigenvalue weighted by Crippen LogP contribution is 2.20. The fourth-order valence-electron chi connectivity index (χ4n) is 2.74. The van der Waals surface area contributed by atoms with Crippen molar-refractivity contribution < 1.29 is 23.5 Å². The maximum Gasteiger partial charge on any atom is 0.341 e. The van der Waals surface area contributed by atoms with Crippen LogP contribution in [-0.4, -0.2) is 23.9 Å². The number of para-hydroxylation sites is 1. The molecule has 2 aromatic carbocycles. The maximum atomic E-state index is 12.6. The molecule has 2 N–H and O–H groups in total. The summed E-state index contributed by atoms with van der Waals surface area (Å²) in [7, 11) is 0. The second kappa shape index (κ2) is 9.09. The summed E-state index contributed by atoms with van der Waals surface area (Å²) in [6.07, 6.45) is 0.344. The topological polar surface area (TPSA) is 97.6 Å². The summed E-state index contributed by atoms with van der Waals surface area (Å²) in [5.41, 5.74) is 2.95. The van der Waals surface area contributed by atoms with E-state index in [0.29, 0.717) is 5.69 Å². The van der Waals surface area contributed by atoms with Crippen LogP contribution in [0, 0.1) is 13.8 Å². The van der Waals surface area contributed by atoms with E-state index in [1.54, 1.807) is 24.3 Å². The van der Waals surface area contributed by atoms with E-state index in [1.165, 1.54) is 25.3 Å². The first-order valence-corrected chi connectivity index (χ1v) is 9.38. The number of carbonyl (C=O) groups is 3. The number of anilines is 2. The highest BCUT2D eigenvalue weighted by Gasteiger charge is 2.22. The Hall–Kier alpha value is -3.87. The molecule has 0 spiro atoms. The smallest absolute Gasteiger partial charge is 0.341 e. The van der Waals surface area contributed by atoms with E-state index in [4.69, 9.17) is 9.15 Å². The average Bonchev–Trinajstić information content (AvgIpc) is 3.26. The SMILES string of the molecule is Cc1ccc(C)c(NC(=O)[C@@H](C)OC(=O)c2ccccc2NC(=O)c2ccco2)c1. The van der Waals surface area contributed by atoms with E-state index >= 15 is 0 Å². The first-order chi connectivity index (χ1) is 14.3. The van der Waals surface area contributed by atoms with Crippen molar-refractivity contribution in [3.05, 3.63) is 83.3 Å². The van der Waals surface area contributed by atoms with Gasteiger partial charge in [0.25, 0.3) is 11.8 Å². The summed E-state index contributed by atoms with van der Waals surface area (Å²) in [5.74, 6) is -1.57. The fourth-order valence-corrected chi connectivity index (χ4v) is 2.74. The van der Waals surface area contributed by atoms with Crippen molar-refractivity contribution in [3.8, 4) is 0 Å². The van der Waals surface area contributed by atoms with Gasteiger partial charge >= 0.3 is 5.97 Å². The van der Waals surface area contributed by atoms with Crippen LogP contribution in [0.2, 0.25) is 0 Å². The predicted octanol–water partition coefficient (Wildman–Crippen LogP) is 4.33. The molecule has 0 saturated carbocycles. The van der Waals surface area contributed by atoms with Crippen LogP contribution in [0.1, 0.15) is 39.0 Å². The standard InChI is InChI=1S/C23H22N2O5/c1-14-10-11-15(2)19(13-14)25-21(26)16(3)30-23(28)17-7-4-5-8-18(17)24-22(27)20-9-6-12-29-20/h4-13,16H,1-3H3,(H,24,27)(H,25,26)/t16-/m1/s1. The van der Waals surface area contributed by atoms with Gasteiger partial charge in [-0.05, 0) is 62.2 Å². The summed E-state index contributed by atoms with van der Waals surface area (Å²) < 4.78 is 10.4. The van der Waals surface area contributed by atoms with Gasteiger partial charge in [0.05, 0.1) is 17.5 Å². The van der Waals surface area contributed by atoms with E-state index in [9.17, 15) is 14.4 Å². The lowest BCUT2D eigenvalue weighted by molar-refractivity contribution is -0.123. The molecule has 3 rings (SSSR count). The minimum atomic E-state index is -1.04. The zero-order valence-electron chi connectivity index (χ0n) is 16.9. The number of amides is 2. The van der Waals surface area contributed by atoms with E-state index in [0.717, 1.165) is 11.1 Å². The van der Waals surface area contributed by atoms with Crippen molar-refractivity contribution in [1.82, 2.24) is 0 Å². The third-order valence-corrected chi connectivity index (χ3v) is 4.44. The van der Waals surface area contributed by atoms with Gasteiger partial charge in [0.15, 0.2) is 11.9 Å². The molecule has 30 heavy (non-hydrogen) atoms. The average molecular weight is 406 g/mol. The summed E-state index contributed by atoms with van der Waals surface area (Å²) in [6.45, 7) is 5.29. The normalized spacial score (nSPS) is 11.4. The van der Waals surface area contributed by atoms with Gasteiger partial charge < -0.3 is 19.8 Å². The maximum absolute atomic E-state index is 12.6. The highest BCUT2D eigenvalue weighted by atomic mass is 16.5. The molecule has 3 aromatic rings. The molecule has 2 amide bonds. The number of benzene rings is 2. The van der Waals surface area contributed by atoms with E-state index in [1.807, 2.05) is 32.0 Å². The van der Waals surface area contributed by atoms with Crippen molar-refractivity contribution in [2.24, 2.45) is 0 Å². The summed E-state index contributed by atoms with van der Waals surface area (Å²) >= 11 is 0. The van der Waals surface area contributed by atoms with Crippen LogP contribution < -0.4 is 10.6 Å². The Morgan fingerprint density at radius 2 is 1.70 bits per heavy atom. The highest BCUT2D eigenvalue weighted by molar-refractivity contribution is 6.07. The number of ether oxygens (including phenoxy) is 1. The van der Waals surface area contributed by atoms with Gasteiger partial charge in [-0.25, -0.2) is 4.79 Å². The molecule has 0 aliphatic rings. The minimum absolute atomic E-state index is 0.111. The third kappa shape index (κ3) is 4.94. The Morgan fingerprint density at radius 3 is 2.43 bits per heavy atom. The molecule has 0 radical (unpaired) electrons. The number of furan rings is 1. The van der Waals surface area contributed by atoms with Crippen molar-refractivity contribution in [1.29, 1.82) is 0 Å². The molecule has 7 nitrogen and oxygen atoms in total. The van der Waals surface area contributed by atoms with E-state index in [-0.39, 0.29) is 17.0 Å². The van der Waals surface area contributed by atoms with Gasteiger partial charge in [0.2, 0.25) is 0 Å². The number of esters is 1. The van der Waals surface area contributed by atoms with Gasteiger partial charge in [-0.3, -0.25) is 9.59 Å². The number of carbonyl (C=O) groups excluding carboxylic acids is 3. The minimum Gasteiger partial charge on any atom is -0.459 e. The zero-order chi connectivity index (χ0) is 21.7. The predicted molar refractivity (Wildman–Crippen MR) is 113 cm³/mol. The van der Waals surface area contributed by atoms with Crippen LogP contribution in [0.25, 0.3) is 0 Å². The summed E-state index contributed by atoms with van der Waals surface area (Å²) in [4.78, 5) is 37.4. The fraction of sp³-hybridized carbons (Fsp3) is 0.174. The molecular formula is C23H22N2O5. The van der Waals surface area contributed by atoms with Gasteiger partial charge in [-0.1, -0.05) is 24.3 Å². The Bertz CT molecular complexity index is 1070. The largest absolute Gasteiger partial charge is 0.459 e. The molecule has 0 aliphatic heterocycles. The second-order valence-corrected chi connectivity index (χ2v) is 6.83. The Balaban J connectivity index is 1.68. The molecule has 1 aromatic heterocycles. The molecule has 0 aliphatic carbocycles. The molecule has 1 heterocycles. The molecule has 0 bridgehead atoms. The summed E-state index contributed by atoms with van der Waals surface area (Å²) in [6, 6.07) is 15.2. The van der Waals surface area contributed by atoms with Gasteiger partial charge in [-0.15, -0.1) is 0 Å². The van der Waals surface area contributed by atoms with Crippen LogP contribution in [0.3, 0.4) is 0 Å². The van der Waals surface area contributed by atoms with Crippen LogP contribution in [0.5, 0.6) is 0 Å². The first-order valence-electron chi connectivity index (χ1n) is 9.38. The summed E-state index contributed by atoms with van der Waals surface area (Å²) in [5, 5.41) is 5.39. The van der Waals surface area contributed by atoms with Gasteiger partial charge in [-0.2, -0.15) is 0 Å². The van der Waals surface area contributed by atoms with Crippen molar-refractivity contribution in [2.45, 2.75) is 26.9 Å². The molecule has 0 unspecified atom stereocenters. The van der Waals surface area contributed by atoms with Gasteiger partial charge in [0.1, 0.15) is 0 Å². The van der Waals surface area contributed by atoms with Crippen molar-refractivity contribution >= 4 is 29.2 Å². The zero-order valence-corrected chi connectivity index (χ0v) is 16.9. The number of nitrogens with one attached hydrogen (secondary N) is 2. The molecule has 7 heteroatoms. The molecule has 1 atom stereocenters. The lowest BCUT2D eigenvalue weighted by atomic mass is 10.1. The number of hydrogen-bond acceptors (Lipinski definition) is 5. The molecule has 154 valence electrons. The number of rotatable bonds is 6. The Morgan fingerprint density at radius 1 is 0.933 bits per heavy atom. The number of aryl methyl sites for hydroxylation is 2. The van der Waals surface area contributed by atoms with Crippen molar-refractivity contribution in [2.75, 3.05) is 10.6 Å². The quantitative estimate of drug-likeness (QED) is 0.594. The monoisotopic (exact) mass is 406 g/mol. The first kappa shape index (κ1) is 20.9. The van der Waals surface area contributed by atoms with Gasteiger partial charge in [0, 0.05) is 5.69 Å². The van der Waals surface area contributed by atoms with Crippen LogP contribution in [0.4, 0.5) is 11.4 Å². The van der Waals surface area contributed by atoms with Crippen LogP contribution in [0.15, 0.2) is 65.3 Å².